The smallest absolute Gasteiger partial charge is 0.263 e. The molecule has 0 aliphatic carbocycles. The van der Waals surface area contributed by atoms with Gasteiger partial charge >= 0.3 is 0 Å². The van der Waals surface area contributed by atoms with E-state index in [4.69, 9.17) is 11.6 Å². The zero-order chi connectivity index (χ0) is 20.3. The summed E-state index contributed by atoms with van der Waals surface area (Å²) in [6, 6.07) is 20.2. The van der Waals surface area contributed by atoms with Crippen LogP contribution in [0.25, 0.3) is 0 Å². The lowest BCUT2D eigenvalue weighted by Gasteiger charge is -2.18. The fourth-order valence-corrected chi connectivity index (χ4v) is 4.22. The predicted octanol–water partition coefficient (Wildman–Crippen LogP) is 4.73. The molecule has 3 aromatic rings. The summed E-state index contributed by atoms with van der Waals surface area (Å²) in [5, 5.41) is 0.0403. The van der Waals surface area contributed by atoms with Gasteiger partial charge in [-0.15, -0.1) is 0 Å². The van der Waals surface area contributed by atoms with Gasteiger partial charge in [-0.3, -0.25) is 9.52 Å². The molecule has 0 aliphatic heterocycles. The van der Waals surface area contributed by atoms with Crippen molar-refractivity contribution in [1.29, 1.82) is 0 Å². The van der Waals surface area contributed by atoms with Crippen LogP contribution in [-0.2, 0) is 10.0 Å². The van der Waals surface area contributed by atoms with Crippen molar-refractivity contribution in [3.63, 3.8) is 0 Å². The molecule has 5 nitrogen and oxygen atoms in total. The molecule has 1 amide bonds. The van der Waals surface area contributed by atoms with Crippen molar-refractivity contribution in [3.05, 3.63) is 88.9 Å². The van der Waals surface area contributed by atoms with Crippen LogP contribution in [0.1, 0.15) is 15.9 Å². The topological polar surface area (TPSA) is 66.5 Å². The lowest BCUT2D eigenvalue weighted by Crippen LogP contribution is -2.26. The molecule has 0 aromatic heterocycles. The van der Waals surface area contributed by atoms with Gasteiger partial charge in [0.2, 0.25) is 0 Å². The zero-order valence-electron chi connectivity index (χ0n) is 15.4. The first-order valence-electron chi connectivity index (χ1n) is 8.50. The molecule has 3 rings (SSSR count). The minimum atomic E-state index is -3.96. The molecule has 0 fully saturated rings. The van der Waals surface area contributed by atoms with Crippen LogP contribution < -0.4 is 9.62 Å². The number of halogens is 1. The third-order valence-corrected chi connectivity index (χ3v) is 6.08. The van der Waals surface area contributed by atoms with Gasteiger partial charge in [0.15, 0.2) is 0 Å². The number of nitrogens with zero attached hydrogens (tertiary/aromatic N) is 1. The summed E-state index contributed by atoms with van der Waals surface area (Å²) < 4.78 is 28.1. The number of aryl methyl sites for hydroxylation is 1. The minimum Gasteiger partial charge on any atom is -0.311 e. The van der Waals surface area contributed by atoms with Gasteiger partial charge in [-0.2, -0.15) is 0 Å². The van der Waals surface area contributed by atoms with E-state index in [1.54, 1.807) is 43.4 Å². The molecule has 0 heterocycles. The van der Waals surface area contributed by atoms with Crippen molar-refractivity contribution >= 4 is 38.9 Å². The molecule has 3 aromatic carbocycles. The summed E-state index contributed by atoms with van der Waals surface area (Å²) in [6.07, 6.45) is 0. The van der Waals surface area contributed by atoms with E-state index in [1.807, 2.05) is 25.1 Å². The largest absolute Gasteiger partial charge is 0.311 e. The van der Waals surface area contributed by atoms with Crippen LogP contribution in [0.2, 0.25) is 5.02 Å². The average molecular weight is 415 g/mol. The van der Waals surface area contributed by atoms with Crippen molar-refractivity contribution in [3.8, 4) is 0 Å². The molecule has 0 atom stereocenters. The molecular weight excluding hydrogens is 396 g/mol. The number of benzene rings is 3. The number of rotatable bonds is 5. The van der Waals surface area contributed by atoms with Crippen molar-refractivity contribution in [2.75, 3.05) is 16.7 Å². The quantitative estimate of drug-likeness (QED) is 0.656. The number of amides is 1. The number of anilines is 2. The SMILES string of the molecule is Cc1ccc(NS(=O)(=O)c2cc(C(=O)N(C)c3ccccc3)ccc2Cl)cc1. The summed E-state index contributed by atoms with van der Waals surface area (Å²) in [5.41, 5.74) is 2.35. The highest BCUT2D eigenvalue weighted by Gasteiger charge is 2.22. The Morgan fingerprint density at radius 1 is 0.964 bits per heavy atom. The Kier molecular flexibility index (Phi) is 5.72. The molecule has 7 heteroatoms. The Morgan fingerprint density at radius 3 is 2.25 bits per heavy atom. The Balaban J connectivity index is 1.92. The molecular formula is C21H19ClN2O3S. The first-order chi connectivity index (χ1) is 13.3. The molecule has 28 heavy (non-hydrogen) atoms. The first-order valence-corrected chi connectivity index (χ1v) is 10.4. The van der Waals surface area contributed by atoms with Crippen molar-refractivity contribution in [1.82, 2.24) is 0 Å². The van der Waals surface area contributed by atoms with E-state index in [1.165, 1.54) is 23.1 Å². The molecule has 144 valence electrons. The van der Waals surface area contributed by atoms with Gasteiger partial charge in [0.25, 0.3) is 15.9 Å². The zero-order valence-corrected chi connectivity index (χ0v) is 17.0. The first kappa shape index (κ1) is 19.9. The summed E-state index contributed by atoms with van der Waals surface area (Å²) in [5.74, 6) is -0.338. The molecule has 0 bridgehead atoms. The van der Waals surface area contributed by atoms with Gasteiger partial charge in [0.1, 0.15) is 4.90 Å². The third-order valence-electron chi connectivity index (χ3n) is 4.22. The van der Waals surface area contributed by atoms with Crippen LogP contribution in [0.5, 0.6) is 0 Å². The second-order valence-corrected chi connectivity index (χ2v) is 8.37. The second-order valence-electron chi connectivity index (χ2n) is 6.32. The van der Waals surface area contributed by atoms with Crippen LogP contribution in [0.3, 0.4) is 0 Å². The fraction of sp³-hybridized carbons (Fsp3) is 0.0952. The van der Waals surface area contributed by atoms with Crippen LogP contribution in [-0.4, -0.2) is 21.4 Å². The van der Waals surface area contributed by atoms with Crippen molar-refractivity contribution < 1.29 is 13.2 Å². The molecule has 1 N–H and O–H groups in total. The molecule has 0 saturated heterocycles. The molecule has 0 spiro atoms. The van der Waals surface area contributed by atoms with Gasteiger partial charge in [0, 0.05) is 24.0 Å². The predicted molar refractivity (Wildman–Crippen MR) is 113 cm³/mol. The molecule has 0 aliphatic rings. The standard InChI is InChI=1S/C21H19ClN2O3S/c1-15-8-11-17(12-9-15)23-28(26,27)20-14-16(10-13-19(20)22)21(25)24(2)18-6-4-3-5-7-18/h3-14,23H,1-2H3. The normalized spacial score (nSPS) is 11.1. The maximum absolute atomic E-state index is 12.8. The third kappa shape index (κ3) is 4.35. The highest BCUT2D eigenvalue weighted by molar-refractivity contribution is 7.92. The summed E-state index contributed by atoms with van der Waals surface area (Å²) in [4.78, 5) is 14.1. The number of sulfonamides is 1. The summed E-state index contributed by atoms with van der Waals surface area (Å²) >= 11 is 6.13. The number of carbonyl (C=O) groups excluding carboxylic acids is 1. The van der Waals surface area contributed by atoms with Gasteiger partial charge < -0.3 is 4.90 Å². The van der Waals surface area contributed by atoms with E-state index in [-0.39, 0.29) is 21.4 Å². The van der Waals surface area contributed by atoms with E-state index in [9.17, 15) is 13.2 Å². The van der Waals surface area contributed by atoms with Gasteiger partial charge in [-0.25, -0.2) is 8.42 Å². The number of carbonyl (C=O) groups is 1. The number of para-hydroxylation sites is 1. The van der Waals surface area contributed by atoms with Gasteiger partial charge in [0.05, 0.1) is 5.02 Å². The Labute approximate surface area is 169 Å². The Bertz CT molecular complexity index is 1100. The van der Waals surface area contributed by atoms with Crippen LogP contribution >= 0.6 is 11.6 Å². The minimum absolute atomic E-state index is 0.0403. The van der Waals surface area contributed by atoms with E-state index < -0.39 is 10.0 Å². The summed E-state index contributed by atoms with van der Waals surface area (Å²) in [7, 11) is -2.33. The van der Waals surface area contributed by atoms with Crippen molar-refractivity contribution in [2.45, 2.75) is 11.8 Å². The van der Waals surface area contributed by atoms with Gasteiger partial charge in [-0.1, -0.05) is 47.5 Å². The van der Waals surface area contributed by atoms with Crippen LogP contribution in [0, 0.1) is 6.92 Å². The maximum atomic E-state index is 12.8. The van der Waals surface area contributed by atoms with E-state index in [0.29, 0.717) is 11.4 Å². The number of nitrogens with one attached hydrogen (secondary N) is 1. The maximum Gasteiger partial charge on any atom is 0.263 e. The van der Waals surface area contributed by atoms with Gasteiger partial charge in [-0.05, 0) is 49.4 Å². The van der Waals surface area contributed by atoms with Crippen molar-refractivity contribution in [2.24, 2.45) is 0 Å². The second kappa shape index (κ2) is 8.04. The molecule has 0 saturated carbocycles. The lowest BCUT2D eigenvalue weighted by atomic mass is 10.2. The molecule has 0 unspecified atom stereocenters. The van der Waals surface area contributed by atoms with Crippen LogP contribution in [0.4, 0.5) is 11.4 Å². The summed E-state index contributed by atoms with van der Waals surface area (Å²) in [6.45, 7) is 1.91. The highest BCUT2D eigenvalue weighted by Crippen LogP contribution is 2.26. The van der Waals surface area contributed by atoms with E-state index >= 15 is 0 Å². The number of hydrogen-bond donors (Lipinski definition) is 1. The Hall–Kier alpha value is -2.83. The fourth-order valence-electron chi connectivity index (χ4n) is 2.64. The highest BCUT2D eigenvalue weighted by atomic mass is 35.5. The van der Waals surface area contributed by atoms with E-state index in [2.05, 4.69) is 4.72 Å². The Morgan fingerprint density at radius 2 is 1.61 bits per heavy atom. The monoisotopic (exact) mass is 414 g/mol. The van der Waals surface area contributed by atoms with Crippen LogP contribution in [0.15, 0.2) is 77.7 Å². The lowest BCUT2D eigenvalue weighted by molar-refractivity contribution is 0.0993. The molecule has 0 radical (unpaired) electrons. The number of hydrogen-bond acceptors (Lipinski definition) is 3. The van der Waals surface area contributed by atoms with E-state index in [0.717, 1.165) is 5.56 Å². The average Bonchev–Trinajstić information content (AvgIpc) is 2.69.